The van der Waals surface area contributed by atoms with E-state index in [-0.39, 0.29) is 0 Å². The first-order valence-corrected chi connectivity index (χ1v) is 28.9. The maximum Gasteiger partial charge on any atom is 0.213 e. The van der Waals surface area contributed by atoms with Crippen LogP contribution in [0.3, 0.4) is 0 Å². The van der Waals surface area contributed by atoms with Crippen LogP contribution in [0.4, 0.5) is 0 Å². The van der Waals surface area contributed by atoms with Gasteiger partial charge in [-0.05, 0) is 119 Å². The topological polar surface area (TPSA) is 65.7 Å². The molecule has 86 heavy (non-hydrogen) atoms. The molecule has 0 amide bonds. The monoisotopic (exact) mass is 1090 g/mol. The summed E-state index contributed by atoms with van der Waals surface area (Å²) < 4.78 is 9.32. The summed E-state index contributed by atoms with van der Waals surface area (Å²) in [5, 5.41) is 28.0. The fraction of sp³-hybridized carbons (Fsp3) is 0. The SMILES string of the molecule is N#Cc1c(-c2ccccc2)c(-c2ccccc2)c(-c2ccccc2)c(-c2ccccc2)c1-c1cc(-c2c(C#N)c(-c3ccccc3)c(-c3ccccc3)c(-c3ccccc3)c2-c2ccccc2)cc(-n2c3ccccc3c3c4ccccc4oc32)c1. The fourth-order valence-electron chi connectivity index (χ4n) is 13.2. The van der Waals surface area contributed by atoms with Crippen molar-refractivity contribution in [2.45, 2.75) is 0 Å². The van der Waals surface area contributed by atoms with Crippen molar-refractivity contribution in [2.24, 2.45) is 0 Å². The van der Waals surface area contributed by atoms with E-state index in [0.29, 0.717) is 16.8 Å². The average Bonchev–Trinajstić information content (AvgIpc) is 1.47. The van der Waals surface area contributed by atoms with Crippen molar-refractivity contribution >= 4 is 33.0 Å². The number of fused-ring (bicyclic) bond motifs is 5. The molecule has 0 aliphatic heterocycles. The molecular weight excluding hydrogens is 1040 g/mol. The van der Waals surface area contributed by atoms with Crippen LogP contribution < -0.4 is 0 Å². The number of hydrogen-bond acceptors (Lipinski definition) is 3. The average molecular weight is 1090 g/mol. The zero-order valence-corrected chi connectivity index (χ0v) is 46.7. The van der Waals surface area contributed by atoms with Crippen molar-refractivity contribution in [3.63, 3.8) is 0 Å². The number of aromatic nitrogens is 1. The number of rotatable bonds is 11. The van der Waals surface area contributed by atoms with Gasteiger partial charge in [0.05, 0.1) is 27.7 Å². The number of nitrogens with zero attached hydrogens (tertiary/aromatic N) is 3. The summed E-state index contributed by atoms with van der Waals surface area (Å²) in [6, 6.07) is 113. The second-order valence-corrected chi connectivity index (χ2v) is 21.6. The van der Waals surface area contributed by atoms with Crippen LogP contribution >= 0.6 is 0 Å². The van der Waals surface area contributed by atoms with Crippen LogP contribution in [0.15, 0.2) is 314 Å². The molecule has 0 radical (unpaired) electrons. The van der Waals surface area contributed by atoms with Gasteiger partial charge in [0, 0.05) is 33.0 Å². The Morgan fingerprint density at radius 2 is 0.523 bits per heavy atom. The molecule has 4 heteroatoms. The minimum Gasteiger partial charge on any atom is -0.439 e. The van der Waals surface area contributed by atoms with E-state index in [2.05, 4.69) is 278 Å². The molecule has 0 spiro atoms. The molecule has 0 saturated carbocycles. The molecule has 0 unspecified atom stereocenters. The number of furan rings is 1. The summed E-state index contributed by atoms with van der Waals surface area (Å²) in [6.07, 6.45) is 0. The first-order chi connectivity index (χ1) is 42.7. The molecule has 0 bridgehead atoms. The first kappa shape index (κ1) is 51.1. The number of nitriles is 2. The van der Waals surface area contributed by atoms with Gasteiger partial charge in [0.15, 0.2) is 0 Å². The maximum absolute atomic E-state index is 12.5. The number of para-hydroxylation sites is 2. The van der Waals surface area contributed by atoms with Gasteiger partial charge < -0.3 is 4.42 Å². The molecule has 400 valence electrons. The van der Waals surface area contributed by atoms with E-state index in [0.717, 1.165) is 144 Å². The molecule has 2 heterocycles. The van der Waals surface area contributed by atoms with Crippen molar-refractivity contribution in [2.75, 3.05) is 0 Å². The van der Waals surface area contributed by atoms with Gasteiger partial charge in [-0.2, -0.15) is 10.5 Å². The summed E-state index contributed by atoms with van der Waals surface area (Å²) in [4.78, 5) is 0. The second kappa shape index (κ2) is 21.8. The van der Waals surface area contributed by atoms with Crippen LogP contribution in [0.5, 0.6) is 0 Å². The summed E-state index contributed by atoms with van der Waals surface area (Å²) in [7, 11) is 0. The Balaban J connectivity index is 1.21. The molecule has 0 aliphatic rings. The molecule has 0 saturated heterocycles. The van der Waals surface area contributed by atoms with Gasteiger partial charge in [0.25, 0.3) is 0 Å². The highest BCUT2D eigenvalue weighted by Crippen LogP contribution is 2.56. The van der Waals surface area contributed by atoms with E-state index in [1.54, 1.807) is 0 Å². The van der Waals surface area contributed by atoms with Gasteiger partial charge in [0.2, 0.25) is 5.71 Å². The molecule has 4 nitrogen and oxygen atoms in total. The third-order valence-electron chi connectivity index (χ3n) is 16.7. The van der Waals surface area contributed by atoms with Gasteiger partial charge in [-0.3, -0.25) is 4.57 Å². The van der Waals surface area contributed by atoms with Gasteiger partial charge in [-0.15, -0.1) is 0 Å². The molecule has 0 N–H and O–H groups in total. The maximum atomic E-state index is 12.5. The lowest BCUT2D eigenvalue weighted by molar-refractivity contribution is 0.645. The van der Waals surface area contributed by atoms with Crippen molar-refractivity contribution < 1.29 is 4.42 Å². The molecule has 0 aliphatic carbocycles. The predicted molar refractivity (Wildman–Crippen MR) is 354 cm³/mol. The summed E-state index contributed by atoms with van der Waals surface area (Å²) in [5.41, 5.74) is 22.3. The largest absolute Gasteiger partial charge is 0.439 e. The Morgan fingerprint density at radius 3 is 0.860 bits per heavy atom. The Bertz CT molecular complexity index is 4870. The van der Waals surface area contributed by atoms with Crippen LogP contribution in [0.25, 0.3) is 150 Å². The van der Waals surface area contributed by atoms with E-state index >= 15 is 0 Å². The quantitative estimate of drug-likeness (QED) is 0.130. The summed E-state index contributed by atoms with van der Waals surface area (Å²) in [5.74, 6) is 0. The summed E-state index contributed by atoms with van der Waals surface area (Å²) in [6.45, 7) is 0. The zero-order valence-electron chi connectivity index (χ0n) is 46.7. The first-order valence-electron chi connectivity index (χ1n) is 28.9. The highest BCUT2D eigenvalue weighted by molar-refractivity contribution is 6.20. The van der Waals surface area contributed by atoms with Crippen LogP contribution in [-0.4, -0.2) is 4.57 Å². The Labute approximate surface area is 499 Å². The fourth-order valence-corrected chi connectivity index (χ4v) is 13.2. The van der Waals surface area contributed by atoms with Crippen LogP contribution in [-0.2, 0) is 0 Å². The lowest BCUT2D eigenvalue weighted by Crippen LogP contribution is -2.05. The highest BCUT2D eigenvalue weighted by atomic mass is 16.3. The molecule has 15 rings (SSSR count). The van der Waals surface area contributed by atoms with Crippen molar-refractivity contribution in [3.8, 4) is 129 Å². The van der Waals surface area contributed by atoms with Gasteiger partial charge >= 0.3 is 0 Å². The van der Waals surface area contributed by atoms with Crippen molar-refractivity contribution in [1.29, 1.82) is 10.5 Å². The molecule has 0 atom stereocenters. The van der Waals surface area contributed by atoms with E-state index in [9.17, 15) is 10.5 Å². The van der Waals surface area contributed by atoms with Crippen molar-refractivity contribution in [1.82, 2.24) is 4.57 Å². The molecular formula is C82H51N3O. The number of benzene rings is 13. The van der Waals surface area contributed by atoms with Gasteiger partial charge in [-0.1, -0.05) is 279 Å². The molecule has 0 fully saturated rings. The highest BCUT2D eigenvalue weighted by Gasteiger charge is 2.33. The van der Waals surface area contributed by atoms with Crippen LogP contribution in [0.2, 0.25) is 0 Å². The van der Waals surface area contributed by atoms with E-state index in [1.165, 1.54) is 0 Å². The second-order valence-electron chi connectivity index (χ2n) is 21.6. The van der Waals surface area contributed by atoms with E-state index in [4.69, 9.17) is 4.42 Å². The van der Waals surface area contributed by atoms with E-state index < -0.39 is 0 Å². The predicted octanol–water partition coefficient (Wildman–Crippen LogP) is 21.9. The normalized spacial score (nSPS) is 11.2. The Morgan fingerprint density at radius 1 is 0.256 bits per heavy atom. The van der Waals surface area contributed by atoms with E-state index in [1.807, 2.05) is 48.5 Å². The third-order valence-corrected chi connectivity index (χ3v) is 16.7. The standard InChI is InChI=1S/C82H51N3O/c83-52-67-71(54-29-9-1-10-30-54)75(56-33-13-3-14-34-56)79(60-41-21-7-22-42-60)77(58-37-17-5-18-38-58)73(67)62-49-63(51-64(50-62)85-69-47-27-25-45-65(69)81-66-46-26-28-48-70(66)86-82(81)85)74-68(53-84)72(55-31-11-2-12-32-55)76(57-35-15-4-16-36-57)80(61-43-23-8-24-44-61)78(74)59-39-19-6-20-40-59/h1-51H. The smallest absolute Gasteiger partial charge is 0.213 e. The third kappa shape index (κ3) is 8.60. The molecule has 2 aromatic heterocycles. The van der Waals surface area contributed by atoms with Crippen LogP contribution in [0, 0.1) is 22.7 Å². The molecule has 13 aromatic carbocycles. The lowest BCUT2D eigenvalue weighted by atomic mass is 9.74. The lowest BCUT2D eigenvalue weighted by Gasteiger charge is -2.28. The van der Waals surface area contributed by atoms with Gasteiger partial charge in [-0.25, -0.2) is 0 Å². The van der Waals surface area contributed by atoms with Gasteiger partial charge in [0.1, 0.15) is 17.7 Å². The summed E-state index contributed by atoms with van der Waals surface area (Å²) >= 11 is 0. The molecule has 15 aromatic rings. The van der Waals surface area contributed by atoms with Crippen molar-refractivity contribution in [3.05, 3.63) is 321 Å². The van der Waals surface area contributed by atoms with Crippen LogP contribution in [0.1, 0.15) is 11.1 Å². The number of hydrogen-bond donors (Lipinski definition) is 0. The Hall–Kier alpha value is -11.8. The Kier molecular flexibility index (Phi) is 13.0. The zero-order chi connectivity index (χ0) is 57.5. The minimum atomic E-state index is 0.515. The minimum absolute atomic E-state index is 0.515.